The minimum Gasteiger partial charge on any atom is -0.503 e. The molecule has 2 N–H and O–H groups in total. The number of thioether (sulfide) groups is 1. The van der Waals surface area contributed by atoms with Gasteiger partial charge in [-0.3, -0.25) is 0 Å². The van der Waals surface area contributed by atoms with Crippen molar-refractivity contribution in [2.24, 2.45) is 0 Å². The zero-order valence-electron chi connectivity index (χ0n) is 15.8. The molecule has 4 rings (SSSR count). The average Bonchev–Trinajstić information content (AvgIpc) is 2.90. The van der Waals surface area contributed by atoms with E-state index in [2.05, 4.69) is 43.4 Å². The van der Waals surface area contributed by atoms with Crippen molar-refractivity contribution in [2.45, 2.75) is 24.7 Å². The van der Waals surface area contributed by atoms with Crippen LogP contribution in [0, 0.1) is 0 Å². The van der Waals surface area contributed by atoms with Gasteiger partial charge in [0, 0.05) is 22.6 Å². The van der Waals surface area contributed by atoms with Crippen molar-refractivity contribution in [1.29, 1.82) is 0 Å². The fourth-order valence-electron chi connectivity index (χ4n) is 2.95. The molecule has 9 heteroatoms. The van der Waals surface area contributed by atoms with E-state index in [1.807, 2.05) is 24.3 Å². The fraction of sp³-hybridized carbons (Fsp3) is 0.250. The van der Waals surface area contributed by atoms with E-state index in [0.29, 0.717) is 27.0 Å². The molecule has 0 amide bonds. The van der Waals surface area contributed by atoms with E-state index in [1.165, 1.54) is 7.11 Å². The number of fused-ring (bicyclic) bond motifs is 3. The lowest BCUT2D eigenvalue weighted by Crippen LogP contribution is -2.17. The molecule has 2 heterocycles. The first kappa shape index (κ1) is 19.8. The topological polar surface area (TPSA) is 89.4 Å². The first-order chi connectivity index (χ1) is 14.1. The van der Waals surface area contributed by atoms with Gasteiger partial charge in [0.05, 0.1) is 11.6 Å². The summed E-state index contributed by atoms with van der Waals surface area (Å²) in [4.78, 5) is 4.60. The van der Waals surface area contributed by atoms with Crippen LogP contribution < -0.4 is 14.8 Å². The molecule has 0 saturated carbocycles. The second-order valence-corrected chi connectivity index (χ2v) is 8.25. The van der Waals surface area contributed by atoms with Crippen LogP contribution in [0.2, 0.25) is 0 Å². The number of ether oxygens (including phenoxy) is 2. The molecule has 0 saturated heterocycles. The Kier molecular flexibility index (Phi) is 5.77. The number of phenols is 1. The van der Waals surface area contributed by atoms with Crippen LogP contribution in [0.3, 0.4) is 0 Å². The summed E-state index contributed by atoms with van der Waals surface area (Å²) in [6, 6.07) is 11.3. The largest absolute Gasteiger partial charge is 0.503 e. The number of methoxy groups -OCH3 is 1. The number of para-hydroxylation sites is 1. The Morgan fingerprint density at radius 2 is 2.10 bits per heavy atom. The summed E-state index contributed by atoms with van der Waals surface area (Å²) in [6.07, 6.45) is 0.448. The highest BCUT2D eigenvalue weighted by Crippen LogP contribution is 2.42. The third-order valence-electron chi connectivity index (χ3n) is 4.34. The van der Waals surface area contributed by atoms with Gasteiger partial charge in [-0.25, -0.2) is 0 Å². The summed E-state index contributed by atoms with van der Waals surface area (Å²) in [5.41, 5.74) is 3.06. The highest BCUT2D eigenvalue weighted by molar-refractivity contribution is 9.10. The molecular weight excluding hydrogens is 456 g/mol. The zero-order valence-corrected chi connectivity index (χ0v) is 18.2. The van der Waals surface area contributed by atoms with E-state index in [9.17, 15) is 5.11 Å². The minimum absolute atomic E-state index is 0.0351. The Morgan fingerprint density at radius 1 is 1.28 bits per heavy atom. The van der Waals surface area contributed by atoms with Gasteiger partial charge in [-0.15, -0.1) is 10.2 Å². The number of halogens is 1. The Labute approximate surface area is 181 Å². The van der Waals surface area contributed by atoms with Gasteiger partial charge in [0.2, 0.25) is 11.0 Å². The molecular formula is C20H19BrN4O3S. The summed E-state index contributed by atoms with van der Waals surface area (Å²) < 4.78 is 12.0. The molecule has 0 bridgehead atoms. The van der Waals surface area contributed by atoms with E-state index < -0.39 is 6.23 Å². The van der Waals surface area contributed by atoms with Gasteiger partial charge in [-0.05, 0) is 40.5 Å². The summed E-state index contributed by atoms with van der Waals surface area (Å²) in [7, 11) is 1.51. The van der Waals surface area contributed by atoms with E-state index in [1.54, 1.807) is 23.9 Å². The molecule has 29 heavy (non-hydrogen) atoms. The van der Waals surface area contributed by atoms with Crippen molar-refractivity contribution in [3.8, 4) is 28.6 Å². The molecule has 0 spiro atoms. The highest BCUT2D eigenvalue weighted by Gasteiger charge is 2.27. The third-order valence-corrected chi connectivity index (χ3v) is 5.99. The van der Waals surface area contributed by atoms with Crippen molar-refractivity contribution in [3.63, 3.8) is 0 Å². The molecule has 3 aromatic rings. The summed E-state index contributed by atoms with van der Waals surface area (Å²) in [5, 5.41) is 22.8. The maximum atomic E-state index is 10.1. The van der Waals surface area contributed by atoms with Crippen LogP contribution in [0.15, 0.2) is 46.0 Å². The Bertz CT molecular complexity index is 1050. The summed E-state index contributed by atoms with van der Waals surface area (Å²) >= 11 is 4.92. The van der Waals surface area contributed by atoms with Crippen LogP contribution in [0.4, 0.5) is 5.69 Å². The SMILES string of the molecule is CCCSc1nnc2c(n1)OC(c1cc(Br)c(O)c(OC)c1)Nc1ccccc1-2. The van der Waals surface area contributed by atoms with Crippen LogP contribution in [0.1, 0.15) is 25.1 Å². The van der Waals surface area contributed by atoms with Crippen molar-refractivity contribution in [3.05, 3.63) is 46.4 Å². The number of hydrogen-bond acceptors (Lipinski definition) is 8. The Hall–Kier alpha value is -2.52. The Balaban J connectivity index is 1.81. The third kappa shape index (κ3) is 3.97. The van der Waals surface area contributed by atoms with Gasteiger partial charge in [-0.2, -0.15) is 4.98 Å². The van der Waals surface area contributed by atoms with Crippen LogP contribution in [-0.4, -0.2) is 33.2 Å². The van der Waals surface area contributed by atoms with Crippen molar-refractivity contribution < 1.29 is 14.6 Å². The van der Waals surface area contributed by atoms with Crippen molar-refractivity contribution in [2.75, 3.05) is 18.2 Å². The van der Waals surface area contributed by atoms with Gasteiger partial charge < -0.3 is 19.9 Å². The predicted molar refractivity (Wildman–Crippen MR) is 116 cm³/mol. The molecule has 1 aliphatic rings. The maximum Gasteiger partial charge on any atom is 0.247 e. The summed E-state index contributed by atoms with van der Waals surface area (Å²) in [6.45, 7) is 2.10. The number of nitrogens with one attached hydrogen (secondary N) is 1. The second kappa shape index (κ2) is 8.46. The van der Waals surface area contributed by atoms with E-state index in [-0.39, 0.29) is 5.75 Å². The number of nitrogens with zero attached hydrogens (tertiary/aromatic N) is 3. The number of aromatic hydroxyl groups is 1. The number of aromatic nitrogens is 3. The molecule has 1 atom stereocenters. The lowest BCUT2D eigenvalue weighted by molar-refractivity contribution is 0.224. The quantitative estimate of drug-likeness (QED) is 0.498. The number of phenolic OH excluding ortho intramolecular Hbond substituents is 1. The van der Waals surface area contributed by atoms with Crippen LogP contribution in [0.25, 0.3) is 11.3 Å². The summed E-state index contributed by atoms with van der Waals surface area (Å²) in [5.74, 6) is 1.69. The molecule has 1 aromatic heterocycles. The second-order valence-electron chi connectivity index (χ2n) is 6.34. The zero-order chi connectivity index (χ0) is 20.4. The average molecular weight is 475 g/mol. The van der Waals surface area contributed by atoms with Crippen LogP contribution in [0.5, 0.6) is 17.4 Å². The normalized spacial score (nSPS) is 14.8. The first-order valence-electron chi connectivity index (χ1n) is 9.07. The number of benzene rings is 2. The van der Waals surface area contributed by atoms with Crippen LogP contribution in [-0.2, 0) is 0 Å². The molecule has 2 aromatic carbocycles. The van der Waals surface area contributed by atoms with Gasteiger partial charge in [0.1, 0.15) is 0 Å². The Morgan fingerprint density at radius 3 is 2.90 bits per heavy atom. The fourth-order valence-corrected chi connectivity index (χ4v) is 4.05. The molecule has 0 fully saturated rings. The molecule has 0 aliphatic carbocycles. The predicted octanol–water partition coefficient (Wildman–Crippen LogP) is 5.02. The minimum atomic E-state index is -0.566. The van der Waals surface area contributed by atoms with Gasteiger partial charge >= 0.3 is 0 Å². The number of rotatable bonds is 5. The van der Waals surface area contributed by atoms with Gasteiger partial charge in [0.15, 0.2) is 23.4 Å². The van der Waals surface area contributed by atoms with Crippen molar-refractivity contribution in [1.82, 2.24) is 15.2 Å². The maximum absolute atomic E-state index is 10.1. The molecule has 150 valence electrons. The van der Waals surface area contributed by atoms with E-state index >= 15 is 0 Å². The molecule has 0 radical (unpaired) electrons. The smallest absolute Gasteiger partial charge is 0.247 e. The van der Waals surface area contributed by atoms with Crippen LogP contribution >= 0.6 is 27.7 Å². The van der Waals surface area contributed by atoms with Gasteiger partial charge in [0.25, 0.3) is 0 Å². The van der Waals surface area contributed by atoms with Gasteiger partial charge in [-0.1, -0.05) is 36.9 Å². The number of anilines is 1. The lowest BCUT2D eigenvalue weighted by atomic mass is 10.1. The highest BCUT2D eigenvalue weighted by atomic mass is 79.9. The van der Waals surface area contributed by atoms with E-state index in [0.717, 1.165) is 29.0 Å². The monoisotopic (exact) mass is 474 g/mol. The number of hydrogen-bond donors (Lipinski definition) is 2. The van der Waals surface area contributed by atoms with E-state index in [4.69, 9.17) is 9.47 Å². The molecule has 1 aliphatic heterocycles. The lowest BCUT2D eigenvalue weighted by Gasteiger charge is -2.20. The standard InChI is InChI=1S/C20H19BrN4O3S/c1-3-8-29-20-23-19-16(24-25-20)12-6-4-5-7-14(12)22-18(28-19)11-9-13(21)17(26)15(10-11)27-2/h4-7,9-10,18,22,26H,3,8H2,1-2H3. The van der Waals surface area contributed by atoms with Crippen molar-refractivity contribution >= 4 is 33.4 Å². The molecule has 1 unspecified atom stereocenters. The molecule has 7 nitrogen and oxygen atoms in total. The first-order valence-corrected chi connectivity index (χ1v) is 10.8.